The molecule has 0 bridgehead atoms. The zero-order valence-electron chi connectivity index (χ0n) is 10.1. The Labute approximate surface area is 113 Å². The van der Waals surface area contributed by atoms with Crippen molar-refractivity contribution in [2.45, 2.75) is 0 Å². The van der Waals surface area contributed by atoms with Crippen molar-refractivity contribution in [2.75, 3.05) is 0 Å². The van der Waals surface area contributed by atoms with Gasteiger partial charge in [-0.15, -0.1) is 0 Å². The molecule has 2 rings (SSSR count). The molecule has 0 aliphatic carbocycles. The molecule has 2 N–H and O–H groups in total. The van der Waals surface area contributed by atoms with E-state index < -0.39 is 10.7 Å². The second-order valence-electron chi connectivity index (χ2n) is 3.91. The van der Waals surface area contributed by atoms with Crippen LogP contribution in [0.3, 0.4) is 0 Å². The maximum atomic E-state index is 11.5. The first-order valence-electron chi connectivity index (χ1n) is 5.49. The molecule has 0 spiro atoms. The topological polar surface area (TPSA) is 119 Å². The highest BCUT2D eigenvalue weighted by atomic mass is 16.6. The highest BCUT2D eigenvalue weighted by molar-refractivity contribution is 5.86. The van der Waals surface area contributed by atoms with Crippen molar-refractivity contribution in [1.29, 1.82) is 0 Å². The van der Waals surface area contributed by atoms with Gasteiger partial charge in [-0.05, 0) is 12.1 Å². The number of nitrogens with zero attached hydrogens (tertiary/aromatic N) is 2. The number of hydrogen-bond acceptors (Lipinski definition) is 6. The third-order valence-corrected chi connectivity index (χ3v) is 2.51. The first-order valence-corrected chi connectivity index (χ1v) is 5.49. The van der Waals surface area contributed by atoms with Crippen LogP contribution in [0.4, 0.5) is 11.4 Å². The van der Waals surface area contributed by atoms with Crippen LogP contribution in [0.1, 0.15) is 5.56 Å². The molecular weight excluding hydrogens is 264 g/mol. The fourth-order valence-corrected chi connectivity index (χ4v) is 1.50. The minimum atomic E-state index is -0.628. The van der Waals surface area contributed by atoms with Crippen molar-refractivity contribution < 1.29 is 20.2 Å². The molecule has 0 atom stereocenters. The Hall–Kier alpha value is -3.09. The number of rotatable bonds is 3. The lowest BCUT2D eigenvalue weighted by atomic mass is 10.2. The summed E-state index contributed by atoms with van der Waals surface area (Å²) in [6.45, 7) is 0. The van der Waals surface area contributed by atoms with Crippen LogP contribution in [0.2, 0.25) is 0 Å². The molecule has 0 unspecified atom stereocenters. The van der Waals surface area contributed by atoms with Crippen LogP contribution in [0, 0.1) is 10.1 Å². The van der Waals surface area contributed by atoms with Crippen molar-refractivity contribution in [3.8, 4) is 17.2 Å². The molecule has 102 valence electrons. The molecule has 2 aromatic carbocycles. The van der Waals surface area contributed by atoms with E-state index in [9.17, 15) is 20.3 Å². The smallest absolute Gasteiger partial charge is 0.271 e. The average Bonchev–Trinajstić information content (AvgIpc) is 2.39. The second-order valence-corrected chi connectivity index (χ2v) is 3.91. The van der Waals surface area contributed by atoms with E-state index in [1.165, 1.54) is 18.3 Å². The predicted octanol–water partition coefficient (Wildman–Crippen LogP) is 1.83. The standard InChI is InChI=1S/C13H10N2O5/c16-10-3-1-8(13(18)6-10)7-14-11-5-9(15(19)20)2-4-12(11)17/h1-7,16-18H/p-1. The predicted molar refractivity (Wildman–Crippen MR) is 69.6 cm³/mol. The van der Waals surface area contributed by atoms with E-state index in [0.29, 0.717) is 0 Å². The summed E-state index contributed by atoms with van der Waals surface area (Å²) in [4.78, 5) is 13.8. The quantitative estimate of drug-likeness (QED) is 0.502. The molecule has 0 saturated carbocycles. The van der Waals surface area contributed by atoms with Crippen LogP contribution >= 0.6 is 0 Å². The van der Waals surface area contributed by atoms with Crippen LogP contribution in [0.25, 0.3) is 0 Å². The normalized spacial score (nSPS) is 10.8. The van der Waals surface area contributed by atoms with Crippen molar-refractivity contribution >= 4 is 17.6 Å². The Morgan fingerprint density at radius 2 is 1.90 bits per heavy atom. The third kappa shape index (κ3) is 2.83. The Morgan fingerprint density at radius 3 is 2.55 bits per heavy atom. The Kier molecular flexibility index (Phi) is 3.52. The Bertz CT molecular complexity index is 697. The van der Waals surface area contributed by atoms with E-state index in [1.54, 1.807) is 0 Å². The van der Waals surface area contributed by atoms with Gasteiger partial charge in [0, 0.05) is 30.0 Å². The highest BCUT2D eigenvalue weighted by Gasteiger charge is 2.06. The molecule has 7 heteroatoms. The van der Waals surface area contributed by atoms with Gasteiger partial charge >= 0.3 is 0 Å². The second kappa shape index (κ2) is 5.27. The molecule has 7 nitrogen and oxygen atoms in total. The van der Waals surface area contributed by atoms with Gasteiger partial charge in [-0.1, -0.05) is 11.8 Å². The number of benzene rings is 2. The number of nitro groups is 1. The molecule has 0 saturated heterocycles. The van der Waals surface area contributed by atoms with Crippen LogP contribution in [0.5, 0.6) is 17.2 Å². The van der Waals surface area contributed by atoms with Gasteiger partial charge < -0.3 is 15.3 Å². The lowest BCUT2D eigenvalue weighted by molar-refractivity contribution is -0.385. The molecule has 2 aromatic rings. The highest BCUT2D eigenvalue weighted by Crippen LogP contribution is 2.29. The molecule has 0 amide bonds. The number of non-ortho nitro benzene ring substituents is 1. The molecule has 0 fully saturated rings. The monoisotopic (exact) mass is 273 g/mol. The van der Waals surface area contributed by atoms with Crippen LogP contribution < -0.4 is 5.11 Å². The van der Waals surface area contributed by atoms with E-state index in [4.69, 9.17) is 5.11 Å². The Balaban J connectivity index is 2.35. The van der Waals surface area contributed by atoms with Crippen LogP contribution in [-0.2, 0) is 0 Å². The maximum absolute atomic E-state index is 11.5. The summed E-state index contributed by atoms with van der Waals surface area (Å²) < 4.78 is 0. The number of aromatic hydroxyl groups is 2. The Morgan fingerprint density at radius 1 is 1.15 bits per heavy atom. The molecule has 20 heavy (non-hydrogen) atoms. The number of nitro benzene ring substituents is 1. The average molecular weight is 273 g/mol. The molecule has 0 aliphatic rings. The minimum absolute atomic E-state index is 0.105. The van der Waals surface area contributed by atoms with E-state index >= 15 is 0 Å². The van der Waals surface area contributed by atoms with Crippen molar-refractivity contribution in [2.24, 2.45) is 4.99 Å². The maximum Gasteiger partial charge on any atom is 0.271 e. The molecule has 0 radical (unpaired) electrons. The summed E-state index contributed by atoms with van der Waals surface area (Å²) in [6.07, 6.45) is 1.19. The molecule has 0 aliphatic heterocycles. The number of phenolic OH excluding ortho intramolecular Hbond substituents is 2. The van der Waals surface area contributed by atoms with E-state index in [1.807, 2.05) is 0 Å². The summed E-state index contributed by atoms with van der Waals surface area (Å²) in [6, 6.07) is 7.06. The zero-order chi connectivity index (χ0) is 14.7. The van der Waals surface area contributed by atoms with Gasteiger partial charge in [0.1, 0.15) is 11.5 Å². The fraction of sp³-hybridized carbons (Fsp3) is 0. The van der Waals surface area contributed by atoms with Gasteiger partial charge in [0.25, 0.3) is 5.69 Å². The largest absolute Gasteiger partial charge is 0.871 e. The summed E-state index contributed by atoms with van der Waals surface area (Å²) in [5.74, 6) is -0.795. The van der Waals surface area contributed by atoms with Gasteiger partial charge in [-0.3, -0.25) is 15.1 Å². The van der Waals surface area contributed by atoms with Crippen molar-refractivity contribution in [3.63, 3.8) is 0 Å². The fourth-order valence-electron chi connectivity index (χ4n) is 1.50. The van der Waals surface area contributed by atoms with Gasteiger partial charge in [-0.2, -0.15) is 0 Å². The zero-order valence-corrected chi connectivity index (χ0v) is 10.1. The first-order chi connectivity index (χ1) is 9.47. The molecule has 0 aromatic heterocycles. The van der Waals surface area contributed by atoms with Gasteiger partial charge in [0.15, 0.2) is 0 Å². The van der Waals surface area contributed by atoms with E-state index in [0.717, 1.165) is 24.3 Å². The summed E-state index contributed by atoms with van der Waals surface area (Å²) >= 11 is 0. The van der Waals surface area contributed by atoms with E-state index in [-0.39, 0.29) is 28.4 Å². The molecule has 0 heterocycles. The van der Waals surface area contributed by atoms with Gasteiger partial charge in [-0.25, -0.2) is 0 Å². The number of phenols is 2. The number of hydrogen-bond donors (Lipinski definition) is 2. The van der Waals surface area contributed by atoms with Gasteiger partial charge in [0.2, 0.25) is 0 Å². The van der Waals surface area contributed by atoms with Crippen molar-refractivity contribution in [3.05, 3.63) is 52.1 Å². The van der Waals surface area contributed by atoms with Crippen LogP contribution in [0.15, 0.2) is 41.4 Å². The summed E-state index contributed by atoms with van der Waals surface area (Å²) in [5, 5.41) is 40.8. The van der Waals surface area contributed by atoms with E-state index in [2.05, 4.69) is 4.99 Å². The molecular formula is C13H9N2O5-. The number of aliphatic imine (C=N–C) groups is 1. The third-order valence-electron chi connectivity index (χ3n) is 2.51. The SMILES string of the molecule is O=[N+]([O-])c1ccc([O-])c(N=Cc2ccc(O)cc2O)c1. The first kappa shape index (κ1) is 13.3. The lowest BCUT2D eigenvalue weighted by Gasteiger charge is -2.08. The lowest BCUT2D eigenvalue weighted by Crippen LogP contribution is -1.93. The summed E-state index contributed by atoms with van der Waals surface area (Å²) in [7, 11) is 0. The summed E-state index contributed by atoms with van der Waals surface area (Å²) in [5.41, 5.74) is -0.0768. The van der Waals surface area contributed by atoms with Crippen LogP contribution in [-0.4, -0.2) is 21.4 Å². The minimum Gasteiger partial charge on any atom is -0.871 e. The van der Waals surface area contributed by atoms with Crippen molar-refractivity contribution in [1.82, 2.24) is 0 Å². The van der Waals surface area contributed by atoms with Gasteiger partial charge in [0.05, 0.1) is 10.6 Å².